The van der Waals surface area contributed by atoms with E-state index in [0.29, 0.717) is 6.61 Å². The van der Waals surface area contributed by atoms with Crippen molar-refractivity contribution >= 4 is 12.0 Å². The Balaban J connectivity index is 1.61. The van der Waals surface area contributed by atoms with Gasteiger partial charge in [0.25, 0.3) is 0 Å². The Morgan fingerprint density at radius 3 is 2.50 bits per heavy atom. The second-order valence-electron chi connectivity index (χ2n) is 6.91. The lowest BCUT2D eigenvalue weighted by Gasteiger charge is -2.28. The third-order valence-electron chi connectivity index (χ3n) is 5.00. The maximum Gasteiger partial charge on any atom is 0.329 e. The molecule has 5 heteroatoms. The number of piperidine rings is 1. The summed E-state index contributed by atoms with van der Waals surface area (Å²) in [5, 5.41) is 8.60. The Labute approximate surface area is 166 Å². The second kappa shape index (κ2) is 10.1. The van der Waals surface area contributed by atoms with E-state index < -0.39 is 5.97 Å². The number of hydrogen-bond acceptors (Lipinski definition) is 4. The fourth-order valence-electron chi connectivity index (χ4n) is 3.44. The number of methoxy groups -OCH3 is 1. The van der Waals surface area contributed by atoms with Gasteiger partial charge in [0.05, 0.1) is 13.7 Å². The van der Waals surface area contributed by atoms with Crippen molar-refractivity contribution in [2.75, 3.05) is 40.0 Å². The highest BCUT2D eigenvalue weighted by Gasteiger charge is 2.14. The Morgan fingerprint density at radius 1 is 1.11 bits per heavy atom. The number of carbonyl (C=O) groups is 1. The van der Waals surface area contributed by atoms with Crippen LogP contribution < -0.4 is 4.74 Å². The topological polar surface area (TPSA) is 59.0 Å². The van der Waals surface area contributed by atoms with E-state index in [4.69, 9.17) is 14.6 Å². The standard InChI is InChI=1S/C23H27NO4/c1-27-21-8-6-19(7-9-21)22-5-3-2-4-20(22)16-18-10-12-24(13-11-18)14-15-28-17-23(25)26/h2-9,16H,10-15,17H2,1H3,(H,25,26). The van der Waals surface area contributed by atoms with Crippen molar-refractivity contribution in [2.45, 2.75) is 12.8 Å². The van der Waals surface area contributed by atoms with Crippen LogP contribution >= 0.6 is 0 Å². The van der Waals surface area contributed by atoms with E-state index in [1.54, 1.807) is 7.11 Å². The van der Waals surface area contributed by atoms with Crippen LogP contribution in [0.2, 0.25) is 0 Å². The minimum Gasteiger partial charge on any atom is -0.497 e. The number of hydrogen-bond donors (Lipinski definition) is 1. The summed E-state index contributed by atoms with van der Waals surface area (Å²) in [6.45, 7) is 2.98. The Morgan fingerprint density at radius 2 is 1.82 bits per heavy atom. The largest absolute Gasteiger partial charge is 0.497 e. The molecule has 0 aliphatic carbocycles. The highest BCUT2D eigenvalue weighted by molar-refractivity contribution is 5.76. The van der Waals surface area contributed by atoms with Crippen LogP contribution in [0.3, 0.4) is 0 Å². The van der Waals surface area contributed by atoms with Crippen LogP contribution in [0.15, 0.2) is 54.1 Å². The number of carboxylic acid groups (broad SMARTS) is 1. The molecule has 0 radical (unpaired) electrons. The molecule has 1 N–H and O–H groups in total. The minimum absolute atomic E-state index is 0.221. The van der Waals surface area contributed by atoms with E-state index in [1.807, 2.05) is 12.1 Å². The average molecular weight is 381 g/mol. The molecule has 1 aliphatic heterocycles. The smallest absolute Gasteiger partial charge is 0.329 e. The van der Waals surface area contributed by atoms with E-state index in [2.05, 4.69) is 47.4 Å². The van der Waals surface area contributed by atoms with E-state index >= 15 is 0 Å². The molecular weight excluding hydrogens is 354 g/mol. The predicted molar refractivity (Wildman–Crippen MR) is 111 cm³/mol. The first-order valence-corrected chi connectivity index (χ1v) is 9.60. The Hall–Kier alpha value is -2.63. The van der Waals surface area contributed by atoms with Crippen molar-refractivity contribution in [1.82, 2.24) is 4.90 Å². The summed E-state index contributed by atoms with van der Waals surface area (Å²) in [6.07, 6.45) is 4.36. The second-order valence-corrected chi connectivity index (χ2v) is 6.91. The normalized spacial score (nSPS) is 14.7. The zero-order chi connectivity index (χ0) is 19.8. The van der Waals surface area contributed by atoms with Crippen molar-refractivity contribution < 1.29 is 19.4 Å². The molecule has 0 saturated carbocycles. The molecule has 5 nitrogen and oxygen atoms in total. The molecule has 0 unspecified atom stereocenters. The first kappa shape index (κ1) is 20.1. The number of likely N-dealkylation sites (tertiary alicyclic amines) is 1. The lowest BCUT2D eigenvalue weighted by Crippen LogP contribution is -2.33. The number of rotatable bonds is 8. The lowest BCUT2D eigenvalue weighted by molar-refractivity contribution is -0.142. The summed E-state index contributed by atoms with van der Waals surface area (Å²) < 4.78 is 10.4. The van der Waals surface area contributed by atoms with E-state index in [-0.39, 0.29) is 6.61 Å². The van der Waals surface area contributed by atoms with E-state index in [0.717, 1.165) is 38.2 Å². The number of nitrogens with zero attached hydrogens (tertiary/aromatic N) is 1. The number of aliphatic carboxylic acids is 1. The monoisotopic (exact) mass is 381 g/mol. The molecule has 0 aromatic heterocycles. The number of carboxylic acids is 1. The van der Waals surface area contributed by atoms with Crippen molar-refractivity contribution in [3.63, 3.8) is 0 Å². The molecule has 28 heavy (non-hydrogen) atoms. The van der Waals surface area contributed by atoms with Gasteiger partial charge in [0.1, 0.15) is 12.4 Å². The van der Waals surface area contributed by atoms with Gasteiger partial charge in [-0.1, -0.05) is 48.0 Å². The Kier molecular flexibility index (Phi) is 7.23. The molecule has 2 aromatic carbocycles. The molecule has 1 heterocycles. The molecule has 2 aromatic rings. The van der Waals surface area contributed by atoms with Gasteiger partial charge in [-0.3, -0.25) is 0 Å². The summed E-state index contributed by atoms with van der Waals surface area (Å²) in [5.41, 5.74) is 5.09. The summed E-state index contributed by atoms with van der Waals surface area (Å²) in [4.78, 5) is 12.8. The molecule has 3 rings (SSSR count). The van der Waals surface area contributed by atoms with Gasteiger partial charge in [0.15, 0.2) is 0 Å². The summed E-state index contributed by atoms with van der Waals surface area (Å²) in [6, 6.07) is 16.6. The third-order valence-corrected chi connectivity index (χ3v) is 5.00. The molecule has 1 fully saturated rings. The van der Waals surface area contributed by atoms with Crippen LogP contribution in [0.1, 0.15) is 18.4 Å². The highest BCUT2D eigenvalue weighted by Crippen LogP contribution is 2.29. The molecular formula is C23H27NO4. The SMILES string of the molecule is COc1ccc(-c2ccccc2C=C2CCN(CCOCC(=O)O)CC2)cc1. The van der Waals surface area contributed by atoms with Gasteiger partial charge in [0, 0.05) is 19.6 Å². The fraction of sp³-hybridized carbons (Fsp3) is 0.348. The molecule has 1 saturated heterocycles. The lowest BCUT2D eigenvalue weighted by atomic mass is 9.95. The van der Waals surface area contributed by atoms with Gasteiger partial charge in [0.2, 0.25) is 0 Å². The molecule has 0 amide bonds. The number of benzene rings is 2. The van der Waals surface area contributed by atoms with Crippen molar-refractivity contribution in [3.8, 4) is 16.9 Å². The van der Waals surface area contributed by atoms with Crippen molar-refractivity contribution in [2.24, 2.45) is 0 Å². The maximum atomic E-state index is 10.5. The molecule has 0 spiro atoms. The van der Waals surface area contributed by atoms with Gasteiger partial charge in [-0.15, -0.1) is 0 Å². The van der Waals surface area contributed by atoms with Crippen LogP contribution in [0.25, 0.3) is 17.2 Å². The van der Waals surface area contributed by atoms with Crippen LogP contribution in [-0.4, -0.2) is 55.9 Å². The average Bonchev–Trinajstić information content (AvgIpc) is 2.73. The highest BCUT2D eigenvalue weighted by atomic mass is 16.5. The molecule has 0 atom stereocenters. The Bertz CT molecular complexity index is 804. The maximum absolute atomic E-state index is 10.5. The van der Waals surface area contributed by atoms with Crippen LogP contribution in [0, 0.1) is 0 Å². The zero-order valence-electron chi connectivity index (χ0n) is 16.3. The van der Waals surface area contributed by atoms with Crippen LogP contribution in [0.5, 0.6) is 5.75 Å². The van der Waals surface area contributed by atoms with Gasteiger partial charge in [-0.05, 0) is 41.7 Å². The fourth-order valence-corrected chi connectivity index (χ4v) is 3.44. The van der Waals surface area contributed by atoms with Crippen molar-refractivity contribution in [3.05, 3.63) is 59.7 Å². The number of ether oxygens (including phenoxy) is 2. The zero-order valence-corrected chi connectivity index (χ0v) is 16.3. The van der Waals surface area contributed by atoms with Crippen molar-refractivity contribution in [1.29, 1.82) is 0 Å². The van der Waals surface area contributed by atoms with E-state index in [1.165, 1.54) is 22.3 Å². The van der Waals surface area contributed by atoms with Gasteiger partial charge in [-0.25, -0.2) is 4.79 Å². The summed E-state index contributed by atoms with van der Waals surface area (Å²) >= 11 is 0. The first-order chi connectivity index (χ1) is 13.7. The summed E-state index contributed by atoms with van der Waals surface area (Å²) in [7, 11) is 1.68. The minimum atomic E-state index is -0.917. The molecule has 1 aliphatic rings. The molecule has 148 valence electrons. The van der Waals surface area contributed by atoms with Crippen LogP contribution in [0.4, 0.5) is 0 Å². The van der Waals surface area contributed by atoms with Gasteiger partial charge >= 0.3 is 5.97 Å². The van der Waals surface area contributed by atoms with Gasteiger partial charge in [-0.2, -0.15) is 0 Å². The quantitative estimate of drug-likeness (QED) is 0.702. The van der Waals surface area contributed by atoms with Crippen LogP contribution in [-0.2, 0) is 9.53 Å². The first-order valence-electron chi connectivity index (χ1n) is 9.60. The summed E-state index contributed by atoms with van der Waals surface area (Å²) in [5.74, 6) is -0.0568. The van der Waals surface area contributed by atoms with Gasteiger partial charge < -0.3 is 19.5 Å². The predicted octanol–water partition coefficient (Wildman–Crippen LogP) is 3.94. The molecule has 0 bridgehead atoms. The van der Waals surface area contributed by atoms with E-state index in [9.17, 15) is 4.79 Å². The third kappa shape index (κ3) is 5.68.